The predicted octanol–water partition coefficient (Wildman–Crippen LogP) is 0.0554. The fourth-order valence-corrected chi connectivity index (χ4v) is 1.99. The topological polar surface area (TPSA) is 83.6 Å². The van der Waals surface area contributed by atoms with E-state index in [4.69, 9.17) is 5.73 Å². The number of aliphatic hydroxyl groups excluding tert-OH is 1. The molecular weight excluding hydrogens is 220 g/mol. The number of nitrogens with two attached hydrogens (primary N) is 1. The van der Waals surface area contributed by atoms with E-state index in [9.17, 15) is 14.7 Å². The van der Waals surface area contributed by atoms with E-state index < -0.39 is 12.0 Å². The van der Waals surface area contributed by atoms with E-state index in [1.165, 1.54) is 11.8 Å². The molecule has 1 aromatic carbocycles. The molecule has 0 saturated heterocycles. The molecule has 17 heavy (non-hydrogen) atoms. The third kappa shape index (κ3) is 2.01. The molecular formula is C12H14N2O3. The number of amides is 2. The molecule has 1 aliphatic heterocycles. The van der Waals surface area contributed by atoms with Crippen LogP contribution in [-0.2, 0) is 11.2 Å². The van der Waals surface area contributed by atoms with Crippen LogP contribution in [-0.4, -0.2) is 29.6 Å². The summed E-state index contributed by atoms with van der Waals surface area (Å²) in [5, 5.41) is 9.30. The predicted molar refractivity (Wildman–Crippen MR) is 62.7 cm³/mol. The number of carbonyl (C=O) groups is 2. The molecule has 0 bridgehead atoms. The van der Waals surface area contributed by atoms with Crippen LogP contribution in [0.15, 0.2) is 18.2 Å². The Morgan fingerprint density at radius 3 is 2.76 bits per heavy atom. The van der Waals surface area contributed by atoms with Gasteiger partial charge in [-0.15, -0.1) is 0 Å². The van der Waals surface area contributed by atoms with Gasteiger partial charge in [-0.2, -0.15) is 0 Å². The molecule has 0 saturated carbocycles. The van der Waals surface area contributed by atoms with Crippen molar-refractivity contribution < 1.29 is 14.7 Å². The smallest absolute Gasteiger partial charge is 0.255 e. The van der Waals surface area contributed by atoms with Gasteiger partial charge in [0.15, 0.2) is 0 Å². The van der Waals surface area contributed by atoms with Crippen LogP contribution in [0.2, 0.25) is 0 Å². The third-order valence-electron chi connectivity index (χ3n) is 2.89. The van der Waals surface area contributed by atoms with Crippen LogP contribution >= 0.6 is 0 Å². The van der Waals surface area contributed by atoms with Crippen LogP contribution in [0, 0.1) is 0 Å². The number of nitrogens with zero attached hydrogens (tertiary/aromatic N) is 1. The first kappa shape index (κ1) is 11.6. The lowest BCUT2D eigenvalue weighted by Gasteiger charge is -2.19. The molecule has 2 rings (SSSR count). The lowest BCUT2D eigenvalue weighted by molar-refractivity contribution is -0.125. The van der Waals surface area contributed by atoms with Crippen molar-refractivity contribution in [1.82, 2.24) is 0 Å². The summed E-state index contributed by atoms with van der Waals surface area (Å²) < 4.78 is 0. The number of fused-ring (bicyclic) bond motifs is 1. The first-order chi connectivity index (χ1) is 8.00. The Bertz CT molecular complexity index is 483. The maximum Gasteiger partial charge on any atom is 0.255 e. The molecule has 90 valence electrons. The summed E-state index contributed by atoms with van der Waals surface area (Å²) in [4.78, 5) is 24.3. The summed E-state index contributed by atoms with van der Waals surface area (Å²) in [5.41, 5.74) is 7.23. The monoisotopic (exact) mass is 234 g/mol. The molecule has 1 aliphatic rings. The Labute approximate surface area is 98.8 Å². The second kappa shape index (κ2) is 4.18. The zero-order chi connectivity index (χ0) is 12.6. The Morgan fingerprint density at radius 2 is 2.18 bits per heavy atom. The lowest BCUT2D eigenvalue weighted by Crippen LogP contribution is -2.36. The van der Waals surface area contributed by atoms with Crippen molar-refractivity contribution in [2.45, 2.75) is 19.4 Å². The van der Waals surface area contributed by atoms with Crippen molar-refractivity contribution >= 4 is 17.5 Å². The van der Waals surface area contributed by atoms with E-state index >= 15 is 0 Å². The second-order valence-electron chi connectivity index (χ2n) is 4.12. The largest absolute Gasteiger partial charge is 0.384 e. The number of primary amides is 1. The summed E-state index contributed by atoms with van der Waals surface area (Å²) in [6.45, 7) is 1.96. The van der Waals surface area contributed by atoms with Gasteiger partial charge < -0.3 is 15.7 Å². The van der Waals surface area contributed by atoms with E-state index in [2.05, 4.69) is 0 Å². The molecule has 0 spiro atoms. The number of anilines is 1. The average molecular weight is 234 g/mol. The SMILES string of the molecule is CC(O)C(=O)N1CCc2ccc(C(N)=O)cc21. The maximum absolute atomic E-state index is 11.7. The molecule has 1 unspecified atom stereocenters. The molecule has 0 radical (unpaired) electrons. The van der Waals surface area contributed by atoms with Crippen molar-refractivity contribution in [2.75, 3.05) is 11.4 Å². The minimum Gasteiger partial charge on any atom is -0.384 e. The van der Waals surface area contributed by atoms with Crippen LogP contribution in [0.3, 0.4) is 0 Å². The van der Waals surface area contributed by atoms with Crippen molar-refractivity contribution in [3.8, 4) is 0 Å². The number of hydrogen-bond acceptors (Lipinski definition) is 3. The molecule has 5 nitrogen and oxygen atoms in total. The van der Waals surface area contributed by atoms with E-state index in [0.717, 1.165) is 12.0 Å². The summed E-state index contributed by atoms with van der Waals surface area (Å²) in [6.07, 6.45) is -0.314. The van der Waals surface area contributed by atoms with E-state index in [0.29, 0.717) is 17.8 Å². The summed E-state index contributed by atoms with van der Waals surface area (Å²) in [6, 6.07) is 5.05. The molecule has 0 fully saturated rings. The molecule has 1 aromatic rings. The van der Waals surface area contributed by atoms with Crippen molar-refractivity contribution in [2.24, 2.45) is 5.73 Å². The van der Waals surface area contributed by atoms with Gasteiger partial charge >= 0.3 is 0 Å². The van der Waals surface area contributed by atoms with Crippen molar-refractivity contribution in [3.05, 3.63) is 29.3 Å². The Balaban J connectivity index is 2.39. The van der Waals surface area contributed by atoms with Gasteiger partial charge in [0.1, 0.15) is 6.10 Å². The first-order valence-corrected chi connectivity index (χ1v) is 5.43. The standard InChI is InChI=1S/C12H14N2O3/c1-7(15)12(17)14-5-4-8-2-3-9(11(13)16)6-10(8)14/h2-3,6-7,15H,4-5H2,1H3,(H2,13,16). The van der Waals surface area contributed by atoms with Crippen LogP contribution in [0.25, 0.3) is 0 Å². The number of rotatable bonds is 2. The number of benzene rings is 1. The highest BCUT2D eigenvalue weighted by molar-refractivity contribution is 6.00. The number of carbonyl (C=O) groups excluding carboxylic acids is 2. The molecule has 3 N–H and O–H groups in total. The van der Waals surface area contributed by atoms with Crippen molar-refractivity contribution in [3.63, 3.8) is 0 Å². The van der Waals surface area contributed by atoms with Gasteiger partial charge in [0.05, 0.1) is 0 Å². The van der Waals surface area contributed by atoms with Gasteiger partial charge in [-0.25, -0.2) is 0 Å². The number of aliphatic hydroxyl groups is 1. The van der Waals surface area contributed by atoms with Gasteiger partial charge in [-0.1, -0.05) is 6.07 Å². The molecule has 0 aromatic heterocycles. The quantitative estimate of drug-likeness (QED) is 0.758. The fourth-order valence-electron chi connectivity index (χ4n) is 1.99. The van der Waals surface area contributed by atoms with Crippen LogP contribution in [0.4, 0.5) is 5.69 Å². The second-order valence-corrected chi connectivity index (χ2v) is 4.12. The van der Waals surface area contributed by atoms with Crippen LogP contribution in [0.5, 0.6) is 0 Å². The first-order valence-electron chi connectivity index (χ1n) is 5.43. The van der Waals surface area contributed by atoms with Gasteiger partial charge in [0.2, 0.25) is 5.91 Å². The van der Waals surface area contributed by atoms with Crippen molar-refractivity contribution in [1.29, 1.82) is 0 Å². The molecule has 0 aliphatic carbocycles. The summed E-state index contributed by atoms with van der Waals surface area (Å²) >= 11 is 0. The minimum absolute atomic E-state index is 0.356. The fraction of sp³-hybridized carbons (Fsp3) is 0.333. The number of hydrogen-bond donors (Lipinski definition) is 2. The molecule has 1 atom stereocenters. The normalized spacial score (nSPS) is 15.5. The Hall–Kier alpha value is -1.88. The van der Waals surface area contributed by atoms with E-state index in [-0.39, 0.29) is 5.91 Å². The zero-order valence-corrected chi connectivity index (χ0v) is 9.51. The molecule has 5 heteroatoms. The lowest BCUT2D eigenvalue weighted by atomic mass is 10.1. The van der Waals surface area contributed by atoms with Gasteiger partial charge in [-0.05, 0) is 31.0 Å². The highest BCUT2D eigenvalue weighted by Gasteiger charge is 2.27. The highest BCUT2D eigenvalue weighted by atomic mass is 16.3. The Kier molecular flexibility index (Phi) is 2.85. The van der Waals surface area contributed by atoms with Crippen LogP contribution < -0.4 is 10.6 Å². The van der Waals surface area contributed by atoms with Gasteiger partial charge in [0, 0.05) is 17.8 Å². The van der Waals surface area contributed by atoms with Gasteiger partial charge in [-0.3, -0.25) is 9.59 Å². The van der Waals surface area contributed by atoms with E-state index in [1.54, 1.807) is 18.2 Å². The third-order valence-corrected chi connectivity index (χ3v) is 2.89. The average Bonchev–Trinajstić information content (AvgIpc) is 2.70. The van der Waals surface area contributed by atoms with E-state index in [1.807, 2.05) is 0 Å². The minimum atomic E-state index is -1.04. The van der Waals surface area contributed by atoms with Crippen LogP contribution in [0.1, 0.15) is 22.8 Å². The molecule has 1 heterocycles. The highest BCUT2D eigenvalue weighted by Crippen LogP contribution is 2.29. The Morgan fingerprint density at radius 1 is 1.47 bits per heavy atom. The molecule has 2 amide bonds. The maximum atomic E-state index is 11.7. The zero-order valence-electron chi connectivity index (χ0n) is 9.51. The van der Waals surface area contributed by atoms with Gasteiger partial charge in [0.25, 0.3) is 5.91 Å². The summed E-state index contributed by atoms with van der Waals surface area (Å²) in [7, 11) is 0. The summed E-state index contributed by atoms with van der Waals surface area (Å²) in [5.74, 6) is -0.880.